The van der Waals surface area contributed by atoms with E-state index in [2.05, 4.69) is 29.0 Å². The van der Waals surface area contributed by atoms with Crippen molar-refractivity contribution in [2.45, 2.75) is 19.3 Å². The van der Waals surface area contributed by atoms with Crippen LogP contribution < -0.4 is 5.73 Å². The number of rotatable bonds is 3. The van der Waals surface area contributed by atoms with E-state index in [4.69, 9.17) is 5.73 Å². The maximum Gasteiger partial charge on any atom is 0.274 e. The molecular formula is C18H20N4O2. The lowest BCUT2D eigenvalue weighted by Gasteiger charge is -2.37. The molecule has 1 saturated heterocycles. The summed E-state index contributed by atoms with van der Waals surface area (Å²) in [5.41, 5.74) is 6.56. The zero-order valence-corrected chi connectivity index (χ0v) is 13.6. The van der Waals surface area contributed by atoms with Crippen molar-refractivity contribution in [2.24, 2.45) is 11.7 Å². The third kappa shape index (κ3) is 3.13. The van der Waals surface area contributed by atoms with E-state index >= 15 is 0 Å². The van der Waals surface area contributed by atoms with Gasteiger partial charge in [0.15, 0.2) is 11.4 Å². The Bertz CT molecular complexity index is 748. The average Bonchev–Trinajstić information content (AvgIpc) is 2.61. The van der Waals surface area contributed by atoms with E-state index in [1.54, 1.807) is 4.90 Å². The summed E-state index contributed by atoms with van der Waals surface area (Å²) < 4.78 is 0. The highest BCUT2D eigenvalue weighted by Crippen LogP contribution is 2.33. The first-order chi connectivity index (χ1) is 11.6. The summed E-state index contributed by atoms with van der Waals surface area (Å²) in [4.78, 5) is 33.8. The summed E-state index contributed by atoms with van der Waals surface area (Å²) in [5, 5.41) is 0. The summed E-state index contributed by atoms with van der Waals surface area (Å²) in [7, 11) is 0. The SMILES string of the molecule is C[C@@H]1CN(C(=O)c2nccnc2C(N)=O)CC[C@H]1c1ccccc1. The van der Waals surface area contributed by atoms with Crippen molar-refractivity contribution in [3.63, 3.8) is 0 Å². The Balaban J connectivity index is 1.77. The number of carbonyl (C=O) groups excluding carboxylic acids is 2. The van der Waals surface area contributed by atoms with Gasteiger partial charge in [0.2, 0.25) is 0 Å². The van der Waals surface area contributed by atoms with Gasteiger partial charge in [-0.3, -0.25) is 9.59 Å². The zero-order valence-electron chi connectivity index (χ0n) is 13.6. The van der Waals surface area contributed by atoms with Gasteiger partial charge >= 0.3 is 0 Å². The average molecular weight is 324 g/mol. The molecule has 1 aliphatic rings. The standard InChI is InChI=1S/C18H20N4O2/c1-12-11-22(10-7-14(12)13-5-3-2-4-6-13)18(24)16-15(17(19)23)20-8-9-21-16/h2-6,8-9,12,14H,7,10-11H2,1H3,(H2,19,23)/t12-,14-/m1/s1. The Kier molecular flexibility index (Phi) is 4.55. The normalized spacial score (nSPS) is 20.6. The summed E-state index contributed by atoms with van der Waals surface area (Å²) in [5.74, 6) is -0.277. The van der Waals surface area contributed by atoms with Crippen LogP contribution in [0, 0.1) is 5.92 Å². The van der Waals surface area contributed by atoms with Gasteiger partial charge in [0.25, 0.3) is 11.8 Å². The van der Waals surface area contributed by atoms with Crippen LogP contribution in [0.2, 0.25) is 0 Å². The molecule has 3 rings (SSSR count). The lowest BCUT2D eigenvalue weighted by Crippen LogP contribution is -2.43. The Hall–Kier alpha value is -2.76. The minimum Gasteiger partial charge on any atom is -0.364 e. The van der Waals surface area contributed by atoms with Crippen LogP contribution in [0.1, 0.15) is 45.8 Å². The summed E-state index contributed by atoms with van der Waals surface area (Å²) in [6.45, 7) is 3.38. The van der Waals surface area contributed by atoms with Crippen LogP contribution in [0.15, 0.2) is 42.7 Å². The molecule has 0 spiro atoms. The van der Waals surface area contributed by atoms with Crippen LogP contribution in [0.4, 0.5) is 0 Å². The summed E-state index contributed by atoms with van der Waals surface area (Å²) >= 11 is 0. The predicted octanol–water partition coefficient (Wildman–Crippen LogP) is 1.84. The van der Waals surface area contributed by atoms with E-state index in [1.807, 2.05) is 18.2 Å². The number of amides is 2. The molecule has 24 heavy (non-hydrogen) atoms. The molecule has 2 amide bonds. The minimum absolute atomic E-state index is 0.0374. The molecule has 0 bridgehead atoms. The number of hydrogen-bond donors (Lipinski definition) is 1. The van der Waals surface area contributed by atoms with Crippen molar-refractivity contribution >= 4 is 11.8 Å². The predicted molar refractivity (Wildman–Crippen MR) is 89.4 cm³/mol. The van der Waals surface area contributed by atoms with Gasteiger partial charge in [-0.2, -0.15) is 0 Å². The number of aromatic nitrogens is 2. The van der Waals surface area contributed by atoms with Crippen LogP contribution in [0.5, 0.6) is 0 Å². The van der Waals surface area contributed by atoms with E-state index in [0.29, 0.717) is 24.9 Å². The van der Waals surface area contributed by atoms with Gasteiger partial charge in [0.1, 0.15) is 0 Å². The van der Waals surface area contributed by atoms with Crippen molar-refractivity contribution in [2.75, 3.05) is 13.1 Å². The number of nitrogens with two attached hydrogens (primary N) is 1. The fourth-order valence-corrected chi connectivity index (χ4v) is 3.35. The minimum atomic E-state index is -0.737. The Morgan fingerprint density at radius 3 is 2.42 bits per heavy atom. The third-order valence-electron chi connectivity index (χ3n) is 4.55. The highest BCUT2D eigenvalue weighted by Gasteiger charge is 2.32. The lowest BCUT2D eigenvalue weighted by atomic mass is 9.81. The molecule has 6 nitrogen and oxygen atoms in total. The van der Waals surface area contributed by atoms with Gasteiger partial charge in [0, 0.05) is 25.5 Å². The molecular weight excluding hydrogens is 304 g/mol. The first-order valence-corrected chi connectivity index (χ1v) is 8.03. The second kappa shape index (κ2) is 6.78. The molecule has 0 radical (unpaired) electrons. The Morgan fingerprint density at radius 1 is 1.12 bits per heavy atom. The fraction of sp³-hybridized carbons (Fsp3) is 0.333. The summed E-state index contributed by atoms with van der Waals surface area (Å²) in [6, 6.07) is 10.3. The fourth-order valence-electron chi connectivity index (χ4n) is 3.35. The molecule has 2 N–H and O–H groups in total. The molecule has 0 saturated carbocycles. The molecule has 2 aromatic rings. The van der Waals surface area contributed by atoms with Gasteiger partial charge in [0.05, 0.1) is 0 Å². The Morgan fingerprint density at radius 2 is 1.79 bits per heavy atom. The second-order valence-electron chi connectivity index (χ2n) is 6.15. The zero-order chi connectivity index (χ0) is 17.1. The van der Waals surface area contributed by atoms with Crippen LogP contribution in [0.25, 0.3) is 0 Å². The van der Waals surface area contributed by atoms with Crippen molar-refractivity contribution in [1.82, 2.24) is 14.9 Å². The molecule has 1 aromatic heterocycles. The molecule has 0 aliphatic carbocycles. The first kappa shape index (κ1) is 16.1. The largest absolute Gasteiger partial charge is 0.364 e. The smallest absolute Gasteiger partial charge is 0.274 e. The van der Waals surface area contributed by atoms with E-state index in [1.165, 1.54) is 18.0 Å². The van der Waals surface area contributed by atoms with E-state index in [9.17, 15) is 9.59 Å². The van der Waals surface area contributed by atoms with Crippen molar-refractivity contribution in [3.05, 3.63) is 59.7 Å². The third-order valence-corrected chi connectivity index (χ3v) is 4.55. The van der Waals surface area contributed by atoms with Crippen molar-refractivity contribution in [3.8, 4) is 0 Å². The maximum absolute atomic E-state index is 12.7. The van der Waals surface area contributed by atoms with Crippen LogP contribution in [0.3, 0.4) is 0 Å². The molecule has 2 heterocycles. The highest BCUT2D eigenvalue weighted by molar-refractivity contribution is 6.03. The Labute approximate surface area is 140 Å². The van der Waals surface area contributed by atoms with Crippen LogP contribution in [-0.4, -0.2) is 39.8 Å². The van der Waals surface area contributed by atoms with E-state index in [-0.39, 0.29) is 17.3 Å². The summed E-state index contributed by atoms with van der Waals surface area (Å²) in [6.07, 6.45) is 3.64. The first-order valence-electron chi connectivity index (χ1n) is 8.03. The molecule has 6 heteroatoms. The monoisotopic (exact) mass is 324 g/mol. The van der Waals surface area contributed by atoms with Gasteiger partial charge < -0.3 is 10.6 Å². The van der Waals surface area contributed by atoms with Crippen LogP contribution in [-0.2, 0) is 0 Å². The molecule has 2 atom stereocenters. The van der Waals surface area contributed by atoms with Gasteiger partial charge in [-0.15, -0.1) is 0 Å². The number of hydrogen-bond acceptors (Lipinski definition) is 4. The molecule has 0 unspecified atom stereocenters. The van der Waals surface area contributed by atoms with Gasteiger partial charge in [-0.25, -0.2) is 9.97 Å². The maximum atomic E-state index is 12.7. The number of piperidine rings is 1. The second-order valence-corrected chi connectivity index (χ2v) is 6.15. The number of primary amides is 1. The quantitative estimate of drug-likeness (QED) is 0.933. The molecule has 1 aliphatic heterocycles. The molecule has 124 valence electrons. The van der Waals surface area contributed by atoms with Gasteiger partial charge in [-0.05, 0) is 23.8 Å². The van der Waals surface area contributed by atoms with Gasteiger partial charge in [-0.1, -0.05) is 37.3 Å². The number of benzene rings is 1. The highest BCUT2D eigenvalue weighted by atomic mass is 16.2. The van der Waals surface area contributed by atoms with Crippen molar-refractivity contribution < 1.29 is 9.59 Å². The topological polar surface area (TPSA) is 89.2 Å². The van der Waals surface area contributed by atoms with E-state index < -0.39 is 5.91 Å². The molecule has 1 fully saturated rings. The molecule has 1 aromatic carbocycles. The number of carbonyl (C=O) groups is 2. The van der Waals surface area contributed by atoms with Crippen LogP contribution >= 0.6 is 0 Å². The number of nitrogens with zero attached hydrogens (tertiary/aromatic N) is 3. The number of likely N-dealkylation sites (tertiary alicyclic amines) is 1. The van der Waals surface area contributed by atoms with Crippen molar-refractivity contribution in [1.29, 1.82) is 0 Å². The lowest BCUT2D eigenvalue weighted by molar-refractivity contribution is 0.0650. The van der Waals surface area contributed by atoms with E-state index in [0.717, 1.165) is 6.42 Å².